The molecule has 0 saturated heterocycles. The van der Waals surface area contributed by atoms with Crippen LogP contribution in [0.5, 0.6) is 0 Å². The monoisotopic (exact) mass is 232 g/mol. The molecule has 4 nitrogen and oxygen atoms in total. The quantitative estimate of drug-likeness (QED) is 0.829. The molecule has 0 bridgehead atoms. The number of rotatable bonds is 6. The standard InChI is InChI=1S/C13H16N2O2/c1-16-10-13(11-5-3-2-4-6-11)14-9-12-7-8-15-17-12/h2-8,13-14H,9-10H2,1H3. The third-order valence-electron chi connectivity index (χ3n) is 2.55. The van der Waals surface area contributed by atoms with Gasteiger partial charge in [0.05, 0.1) is 25.4 Å². The van der Waals surface area contributed by atoms with E-state index in [2.05, 4.69) is 22.6 Å². The zero-order chi connectivity index (χ0) is 11.9. The maximum Gasteiger partial charge on any atom is 0.150 e. The summed E-state index contributed by atoms with van der Waals surface area (Å²) in [5.41, 5.74) is 1.20. The highest BCUT2D eigenvalue weighted by molar-refractivity contribution is 5.19. The summed E-state index contributed by atoms with van der Waals surface area (Å²) in [4.78, 5) is 0. The molecule has 0 fully saturated rings. The van der Waals surface area contributed by atoms with Gasteiger partial charge in [-0.05, 0) is 5.56 Å². The summed E-state index contributed by atoms with van der Waals surface area (Å²) in [6.45, 7) is 1.26. The molecule has 1 atom stereocenters. The zero-order valence-electron chi connectivity index (χ0n) is 9.80. The van der Waals surface area contributed by atoms with Gasteiger partial charge in [-0.1, -0.05) is 35.5 Å². The lowest BCUT2D eigenvalue weighted by Crippen LogP contribution is -2.24. The molecule has 2 rings (SSSR count). The highest BCUT2D eigenvalue weighted by Crippen LogP contribution is 2.13. The molecule has 0 aliphatic rings. The average molecular weight is 232 g/mol. The molecule has 0 aliphatic carbocycles. The Morgan fingerprint density at radius 3 is 2.76 bits per heavy atom. The predicted molar refractivity (Wildman–Crippen MR) is 64.4 cm³/mol. The van der Waals surface area contributed by atoms with E-state index in [0.29, 0.717) is 13.2 Å². The van der Waals surface area contributed by atoms with E-state index >= 15 is 0 Å². The van der Waals surface area contributed by atoms with Crippen LogP contribution in [-0.4, -0.2) is 18.9 Å². The van der Waals surface area contributed by atoms with E-state index in [-0.39, 0.29) is 6.04 Å². The van der Waals surface area contributed by atoms with Gasteiger partial charge in [0, 0.05) is 13.2 Å². The Morgan fingerprint density at radius 2 is 2.12 bits per heavy atom. The van der Waals surface area contributed by atoms with Crippen LogP contribution in [-0.2, 0) is 11.3 Å². The van der Waals surface area contributed by atoms with Crippen molar-refractivity contribution in [2.24, 2.45) is 0 Å². The van der Waals surface area contributed by atoms with Crippen molar-refractivity contribution in [3.8, 4) is 0 Å². The normalized spacial score (nSPS) is 12.5. The van der Waals surface area contributed by atoms with Gasteiger partial charge in [0.1, 0.15) is 5.76 Å². The van der Waals surface area contributed by atoms with Gasteiger partial charge in [0.2, 0.25) is 0 Å². The zero-order valence-corrected chi connectivity index (χ0v) is 9.80. The topological polar surface area (TPSA) is 47.3 Å². The molecule has 90 valence electrons. The van der Waals surface area contributed by atoms with E-state index in [1.807, 2.05) is 24.3 Å². The number of nitrogens with zero attached hydrogens (tertiary/aromatic N) is 1. The maximum atomic E-state index is 5.22. The van der Waals surface area contributed by atoms with Crippen LogP contribution in [0, 0.1) is 0 Å². The summed E-state index contributed by atoms with van der Waals surface area (Å²) < 4.78 is 10.3. The van der Waals surface area contributed by atoms with Crippen molar-refractivity contribution in [2.75, 3.05) is 13.7 Å². The number of ether oxygens (including phenoxy) is 1. The number of hydrogen-bond donors (Lipinski definition) is 1. The Morgan fingerprint density at radius 1 is 1.29 bits per heavy atom. The molecule has 4 heteroatoms. The SMILES string of the molecule is COCC(NCc1ccno1)c1ccccc1. The molecular weight excluding hydrogens is 216 g/mol. The van der Waals surface area contributed by atoms with E-state index < -0.39 is 0 Å². The second-order valence-corrected chi connectivity index (χ2v) is 3.78. The summed E-state index contributed by atoms with van der Waals surface area (Å²) in [7, 11) is 1.70. The van der Waals surface area contributed by atoms with Gasteiger partial charge in [0.25, 0.3) is 0 Å². The van der Waals surface area contributed by atoms with E-state index in [1.165, 1.54) is 5.56 Å². The highest BCUT2D eigenvalue weighted by Gasteiger charge is 2.10. The number of nitrogens with one attached hydrogen (secondary N) is 1. The van der Waals surface area contributed by atoms with Crippen LogP contribution >= 0.6 is 0 Å². The Kier molecular flexibility index (Phi) is 4.30. The van der Waals surface area contributed by atoms with E-state index in [0.717, 1.165) is 5.76 Å². The molecule has 1 aromatic carbocycles. The predicted octanol–water partition coefficient (Wildman–Crippen LogP) is 2.15. The molecule has 0 radical (unpaired) electrons. The van der Waals surface area contributed by atoms with Crippen molar-refractivity contribution in [3.05, 3.63) is 53.9 Å². The van der Waals surface area contributed by atoms with Crippen molar-refractivity contribution in [2.45, 2.75) is 12.6 Å². The van der Waals surface area contributed by atoms with Crippen LogP contribution < -0.4 is 5.32 Å². The van der Waals surface area contributed by atoms with Gasteiger partial charge >= 0.3 is 0 Å². The first-order valence-corrected chi connectivity index (χ1v) is 5.57. The molecule has 0 saturated carbocycles. The van der Waals surface area contributed by atoms with Gasteiger partial charge in [0.15, 0.2) is 0 Å². The number of methoxy groups -OCH3 is 1. The molecule has 1 N–H and O–H groups in total. The second-order valence-electron chi connectivity index (χ2n) is 3.78. The van der Waals surface area contributed by atoms with Crippen LogP contribution in [0.4, 0.5) is 0 Å². The smallest absolute Gasteiger partial charge is 0.150 e. The van der Waals surface area contributed by atoms with Crippen LogP contribution in [0.15, 0.2) is 47.1 Å². The summed E-state index contributed by atoms with van der Waals surface area (Å²) in [5.74, 6) is 0.821. The van der Waals surface area contributed by atoms with Gasteiger partial charge in [-0.15, -0.1) is 0 Å². The van der Waals surface area contributed by atoms with Crippen molar-refractivity contribution >= 4 is 0 Å². The van der Waals surface area contributed by atoms with E-state index in [9.17, 15) is 0 Å². The Labute approximate surface area is 101 Å². The second kappa shape index (κ2) is 6.18. The molecule has 1 heterocycles. The minimum atomic E-state index is 0.159. The molecule has 2 aromatic rings. The fourth-order valence-corrected chi connectivity index (χ4v) is 1.68. The Balaban J connectivity index is 1.98. The number of benzene rings is 1. The molecule has 17 heavy (non-hydrogen) atoms. The Hall–Kier alpha value is -1.65. The van der Waals surface area contributed by atoms with Crippen molar-refractivity contribution < 1.29 is 9.26 Å². The van der Waals surface area contributed by atoms with E-state index in [4.69, 9.17) is 9.26 Å². The molecular formula is C13H16N2O2. The minimum Gasteiger partial charge on any atom is -0.383 e. The third kappa shape index (κ3) is 3.41. The average Bonchev–Trinajstić information content (AvgIpc) is 2.88. The minimum absolute atomic E-state index is 0.159. The van der Waals surface area contributed by atoms with E-state index in [1.54, 1.807) is 13.3 Å². The molecule has 0 aliphatic heterocycles. The largest absolute Gasteiger partial charge is 0.383 e. The van der Waals surface area contributed by atoms with Gasteiger partial charge < -0.3 is 14.6 Å². The van der Waals surface area contributed by atoms with Crippen molar-refractivity contribution in [1.82, 2.24) is 10.5 Å². The molecule has 0 spiro atoms. The molecule has 1 unspecified atom stereocenters. The lowest BCUT2D eigenvalue weighted by molar-refractivity contribution is 0.164. The van der Waals surface area contributed by atoms with Gasteiger partial charge in [-0.2, -0.15) is 0 Å². The van der Waals surface area contributed by atoms with Crippen molar-refractivity contribution in [1.29, 1.82) is 0 Å². The lowest BCUT2D eigenvalue weighted by Gasteiger charge is -2.17. The molecule has 1 aromatic heterocycles. The Bertz CT molecular complexity index is 414. The maximum absolute atomic E-state index is 5.22. The number of hydrogen-bond acceptors (Lipinski definition) is 4. The fraction of sp³-hybridized carbons (Fsp3) is 0.308. The fourth-order valence-electron chi connectivity index (χ4n) is 1.68. The summed E-state index contributed by atoms with van der Waals surface area (Å²) in [6.07, 6.45) is 1.64. The summed E-state index contributed by atoms with van der Waals surface area (Å²) >= 11 is 0. The van der Waals surface area contributed by atoms with Crippen LogP contribution in [0.3, 0.4) is 0 Å². The van der Waals surface area contributed by atoms with Crippen LogP contribution in [0.25, 0.3) is 0 Å². The first kappa shape index (κ1) is 11.8. The number of aromatic nitrogens is 1. The molecule has 0 amide bonds. The van der Waals surface area contributed by atoms with Crippen molar-refractivity contribution in [3.63, 3.8) is 0 Å². The summed E-state index contributed by atoms with van der Waals surface area (Å²) in [6, 6.07) is 12.2. The van der Waals surface area contributed by atoms with Crippen LogP contribution in [0.2, 0.25) is 0 Å². The van der Waals surface area contributed by atoms with Gasteiger partial charge in [-0.3, -0.25) is 0 Å². The first-order chi connectivity index (χ1) is 8.40. The highest BCUT2D eigenvalue weighted by atomic mass is 16.5. The van der Waals surface area contributed by atoms with Gasteiger partial charge in [-0.25, -0.2) is 0 Å². The van der Waals surface area contributed by atoms with Crippen LogP contribution in [0.1, 0.15) is 17.4 Å². The first-order valence-electron chi connectivity index (χ1n) is 5.57. The summed E-state index contributed by atoms with van der Waals surface area (Å²) in [5, 5.41) is 7.05. The lowest BCUT2D eigenvalue weighted by atomic mass is 10.1. The third-order valence-corrected chi connectivity index (χ3v) is 2.55.